The molecule has 1 fully saturated rings. The minimum absolute atomic E-state index is 0.307. The molecule has 4 rings (SSSR count). The first-order valence-electron chi connectivity index (χ1n) is 7.73. The van der Waals surface area contributed by atoms with E-state index in [9.17, 15) is 17.6 Å². The summed E-state index contributed by atoms with van der Waals surface area (Å²) in [5.74, 6) is -0.174. The Kier molecular flexibility index (Phi) is 3.53. The predicted molar refractivity (Wildman–Crippen MR) is 83.3 cm³/mol. The first-order chi connectivity index (χ1) is 12.3. The summed E-state index contributed by atoms with van der Waals surface area (Å²) in [7, 11) is 1.46. The SMILES string of the molecule is COc1cc(NC2(c3ccc(C(F)(F)F)c(F)c3)CC2)n2ncnc2n1. The second-order valence-electron chi connectivity index (χ2n) is 6.06. The molecule has 1 aliphatic carbocycles. The number of nitrogens with one attached hydrogen (secondary N) is 1. The van der Waals surface area contributed by atoms with Gasteiger partial charge in [0.05, 0.1) is 18.2 Å². The van der Waals surface area contributed by atoms with E-state index in [1.807, 2.05) is 0 Å². The van der Waals surface area contributed by atoms with Crippen LogP contribution in [0.3, 0.4) is 0 Å². The standard InChI is InChI=1S/C16H13F4N5O/c1-26-13-7-12(25-14(23-13)21-8-22-25)24-15(4-5-15)9-2-3-10(11(17)6-9)16(18,19)20/h2-3,6-8,24H,4-5H2,1H3. The van der Waals surface area contributed by atoms with Crippen molar-refractivity contribution in [2.45, 2.75) is 24.6 Å². The molecule has 26 heavy (non-hydrogen) atoms. The van der Waals surface area contributed by atoms with Crippen molar-refractivity contribution in [2.75, 3.05) is 12.4 Å². The van der Waals surface area contributed by atoms with Gasteiger partial charge in [-0.3, -0.25) is 0 Å². The number of halogens is 4. The largest absolute Gasteiger partial charge is 0.481 e. The number of methoxy groups -OCH3 is 1. The molecule has 0 bridgehead atoms. The molecular weight excluding hydrogens is 354 g/mol. The van der Waals surface area contributed by atoms with Crippen molar-refractivity contribution in [2.24, 2.45) is 0 Å². The Hall–Kier alpha value is -2.91. The van der Waals surface area contributed by atoms with Gasteiger partial charge < -0.3 is 10.1 Å². The lowest BCUT2D eigenvalue weighted by molar-refractivity contribution is -0.140. The molecule has 1 saturated carbocycles. The quantitative estimate of drug-likeness (QED) is 0.716. The number of rotatable bonds is 4. The number of hydrogen-bond acceptors (Lipinski definition) is 5. The van der Waals surface area contributed by atoms with Crippen LogP contribution in [0, 0.1) is 5.82 Å². The first-order valence-corrected chi connectivity index (χ1v) is 7.73. The molecular formula is C16H13F4N5O. The van der Waals surface area contributed by atoms with E-state index in [2.05, 4.69) is 20.4 Å². The summed E-state index contributed by atoms with van der Waals surface area (Å²) in [6.07, 6.45) is -2.13. The molecule has 0 saturated heterocycles. The minimum Gasteiger partial charge on any atom is -0.481 e. The van der Waals surface area contributed by atoms with Gasteiger partial charge >= 0.3 is 6.18 Å². The number of hydrogen-bond donors (Lipinski definition) is 1. The first kappa shape index (κ1) is 16.6. The topological polar surface area (TPSA) is 64.3 Å². The van der Waals surface area contributed by atoms with E-state index in [1.54, 1.807) is 6.07 Å². The highest BCUT2D eigenvalue weighted by Crippen LogP contribution is 2.49. The van der Waals surface area contributed by atoms with Crippen molar-refractivity contribution < 1.29 is 22.3 Å². The zero-order valence-corrected chi connectivity index (χ0v) is 13.5. The third-order valence-electron chi connectivity index (χ3n) is 4.38. The lowest BCUT2D eigenvalue weighted by Crippen LogP contribution is -2.22. The van der Waals surface area contributed by atoms with Gasteiger partial charge in [-0.1, -0.05) is 6.07 Å². The van der Waals surface area contributed by atoms with Crippen LogP contribution in [0.25, 0.3) is 5.78 Å². The van der Waals surface area contributed by atoms with E-state index in [0.29, 0.717) is 35.9 Å². The number of benzene rings is 1. The molecule has 136 valence electrons. The summed E-state index contributed by atoms with van der Waals surface area (Å²) in [4.78, 5) is 8.13. The fraction of sp³-hybridized carbons (Fsp3) is 0.312. The van der Waals surface area contributed by atoms with Crippen LogP contribution in [0.2, 0.25) is 0 Å². The third kappa shape index (κ3) is 2.71. The number of fused-ring (bicyclic) bond motifs is 1. The molecule has 3 aromatic rings. The van der Waals surface area contributed by atoms with E-state index in [-0.39, 0.29) is 0 Å². The Balaban J connectivity index is 1.71. The molecule has 1 aliphatic rings. The van der Waals surface area contributed by atoms with Gasteiger partial charge in [0.15, 0.2) is 0 Å². The molecule has 10 heteroatoms. The molecule has 0 spiro atoms. The maximum atomic E-state index is 14.0. The van der Waals surface area contributed by atoms with Crippen LogP contribution < -0.4 is 10.1 Å². The van der Waals surface area contributed by atoms with Gasteiger partial charge in [-0.2, -0.15) is 32.8 Å². The maximum absolute atomic E-state index is 14.0. The molecule has 6 nitrogen and oxygen atoms in total. The van der Waals surface area contributed by atoms with Gasteiger partial charge in [-0.25, -0.2) is 4.39 Å². The number of nitrogens with zero attached hydrogens (tertiary/aromatic N) is 4. The average molecular weight is 367 g/mol. The van der Waals surface area contributed by atoms with Crippen molar-refractivity contribution in [3.8, 4) is 5.88 Å². The van der Waals surface area contributed by atoms with Crippen molar-refractivity contribution in [1.29, 1.82) is 0 Å². The predicted octanol–water partition coefficient (Wildman–Crippen LogP) is 3.39. The monoisotopic (exact) mass is 367 g/mol. The number of alkyl halides is 3. The number of anilines is 1. The maximum Gasteiger partial charge on any atom is 0.419 e. The zero-order valence-electron chi connectivity index (χ0n) is 13.5. The van der Waals surface area contributed by atoms with E-state index >= 15 is 0 Å². The van der Waals surface area contributed by atoms with Crippen LogP contribution in [0.4, 0.5) is 23.4 Å². The zero-order chi connectivity index (χ0) is 18.5. The Labute approximate surface area is 144 Å². The van der Waals surface area contributed by atoms with E-state index in [1.165, 1.54) is 24.0 Å². The smallest absolute Gasteiger partial charge is 0.419 e. The molecule has 1 aromatic carbocycles. The summed E-state index contributed by atoms with van der Waals surface area (Å²) in [6, 6.07) is 4.59. The Morgan fingerprint density at radius 2 is 2.00 bits per heavy atom. The molecule has 0 amide bonds. The molecule has 2 heterocycles. The van der Waals surface area contributed by atoms with Gasteiger partial charge in [0.1, 0.15) is 18.0 Å². The Bertz CT molecular complexity index is 980. The lowest BCUT2D eigenvalue weighted by Gasteiger charge is -2.21. The fourth-order valence-corrected chi connectivity index (χ4v) is 2.88. The summed E-state index contributed by atoms with van der Waals surface area (Å²) >= 11 is 0. The highest BCUT2D eigenvalue weighted by Gasteiger charge is 2.46. The van der Waals surface area contributed by atoms with Crippen LogP contribution in [0.5, 0.6) is 5.88 Å². The molecule has 1 N–H and O–H groups in total. The van der Waals surface area contributed by atoms with E-state index < -0.39 is 23.1 Å². The second-order valence-corrected chi connectivity index (χ2v) is 6.06. The highest BCUT2D eigenvalue weighted by molar-refractivity contribution is 5.52. The van der Waals surface area contributed by atoms with Crippen molar-refractivity contribution >= 4 is 11.6 Å². The summed E-state index contributed by atoms with van der Waals surface area (Å²) in [5.41, 5.74) is -1.51. The molecule has 0 radical (unpaired) electrons. The van der Waals surface area contributed by atoms with Crippen molar-refractivity contribution in [3.63, 3.8) is 0 Å². The van der Waals surface area contributed by atoms with Crippen molar-refractivity contribution in [3.05, 3.63) is 47.5 Å². The van der Waals surface area contributed by atoms with Gasteiger partial charge in [0.25, 0.3) is 5.78 Å². The average Bonchev–Trinajstić information content (AvgIpc) is 3.20. The van der Waals surface area contributed by atoms with E-state index in [0.717, 1.165) is 12.1 Å². The summed E-state index contributed by atoms with van der Waals surface area (Å²) in [6.45, 7) is 0. The lowest BCUT2D eigenvalue weighted by atomic mass is 10.0. The number of aromatic nitrogens is 4. The minimum atomic E-state index is -4.72. The van der Waals surface area contributed by atoms with Crippen LogP contribution in [0.1, 0.15) is 24.0 Å². The number of ether oxygens (including phenoxy) is 1. The Morgan fingerprint density at radius 3 is 2.62 bits per heavy atom. The molecule has 0 atom stereocenters. The van der Waals surface area contributed by atoms with Crippen LogP contribution >= 0.6 is 0 Å². The molecule has 0 aliphatic heterocycles. The van der Waals surface area contributed by atoms with E-state index in [4.69, 9.17) is 4.74 Å². The third-order valence-corrected chi connectivity index (χ3v) is 4.38. The second kappa shape index (κ2) is 5.55. The van der Waals surface area contributed by atoms with Crippen LogP contribution in [-0.4, -0.2) is 26.7 Å². The highest BCUT2D eigenvalue weighted by atomic mass is 19.4. The summed E-state index contributed by atoms with van der Waals surface area (Å²) < 4.78 is 58.8. The van der Waals surface area contributed by atoms with Crippen LogP contribution in [-0.2, 0) is 11.7 Å². The van der Waals surface area contributed by atoms with Gasteiger partial charge in [-0.15, -0.1) is 0 Å². The van der Waals surface area contributed by atoms with Crippen LogP contribution in [0.15, 0.2) is 30.6 Å². The fourth-order valence-electron chi connectivity index (χ4n) is 2.88. The Morgan fingerprint density at radius 1 is 1.23 bits per heavy atom. The normalized spacial score (nSPS) is 15.9. The van der Waals surface area contributed by atoms with Gasteiger partial charge in [-0.05, 0) is 30.5 Å². The molecule has 0 unspecified atom stereocenters. The van der Waals surface area contributed by atoms with Crippen molar-refractivity contribution in [1.82, 2.24) is 19.6 Å². The van der Waals surface area contributed by atoms with Gasteiger partial charge in [0.2, 0.25) is 5.88 Å². The van der Waals surface area contributed by atoms with Gasteiger partial charge in [0, 0.05) is 6.07 Å². The molecule has 2 aromatic heterocycles. The summed E-state index contributed by atoms with van der Waals surface area (Å²) in [5, 5.41) is 7.29.